The van der Waals surface area contributed by atoms with Gasteiger partial charge in [0.15, 0.2) is 11.6 Å². The number of rotatable bonds is 5. The number of aromatic nitrogens is 5. The largest absolute Gasteiger partial charge is 0.494 e. The SMILES string of the molecule is COc1cc(Nc2ncc3c(n2)N(C)C(C)(C2CCC2)CO3)cnc1-c1cn[nH]c1. The van der Waals surface area contributed by atoms with Gasteiger partial charge < -0.3 is 19.7 Å². The van der Waals surface area contributed by atoms with Crippen LogP contribution in [0.25, 0.3) is 11.3 Å². The van der Waals surface area contributed by atoms with Crippen LogP contribution in [-0.2, 0) is 0 Å². The Labute approximate surface area is 174 Å². The van der Waals surface area contributed by atoms with Crippen LogP contribution in [0.4, 0.5) is 17.5 Å². The van der Waals surface area contributed by atoms with E-state index in [1.165, 1.54) is 19.3 Å². The van der Waals surface area contributed by atoms with Crippen LogP contribution < -0.4 is 19.7 Å². The molecule has 156 valence electrons. The molecule has 5 rings (SSSR count). The molecule has 3 aromatic rings. The summed E-state index contributed by atoms with van der Waals surface area (Å²) in [7, 11) is 3.72. The van der Waals surface area contributed by atoms with Crippen molar-refractivity contribution in [3.8, 4) is 22.8 Å². The number of H-pyrrole nitrogens is 1. The Balaban J connectivity index is 1.41. The Morgan fingerprint density at radius 3 is 2.83 bits per heavy atom. The highest BCUT2D eigenvalue weighted by molar-refractivity contribution is 5.69. The molecule has 2 N–H and O–H groups in total. The molecule has 1 aliphatic carbocycles. The van der Waals surface area contributed by atoms with Crippen molar-refractivity contribution in [3.05, 3.63) is 30.9 Å². The maximum absolute atomic E-state index is 6.03. The lowest BCUT2D eigenvalue weighted by Crippen LogP contribution is -2.58. The second-order valence-corrected chi connectivity index (χ2v) is 8.10. The molecule has 9 nitrogen and oxygen atoms in total. The number of fused-ring (bicyclic) bond motifs is 1. The van der Waals surface area contributed by atoms with Gasteiger partial charge in [-0.2, -0.15) is 10.1 Å². The second kappa shape index (κ2) is 7.16. The van der Waals surface area contributed by atoms with Crippen LogP contribution in [-0.4, -0.2) is 51.5 Å². The number of hydrogen-bond acceptors (Lipinski definition) is 8. The van der Waals surface area contributed by atoms with Crippen molar-refractivity contribution in [1.29, 1.82) is 0 Å². The molecule has 1 aliphatic heterocycles. The van der Waals surface area contributed by atoms with Crippen LogP contribution in [0.15, 0.2) is 30.9 Å². The molecule has 0 bridgehead atoms. The van der Waals surface area contributed by atoms with Gasteiger partial charge in [-0.1, -0.05) is 6.42 Å². The predicted octanol–water partition coefficient (Wildman–Crippen LogP) is 3.40. The van der Waals surface area contributed by atoms with Gasteiger partial charge in [-0.15, -0.1) is 0 Å². The van der Waals surface area contributed by atoms with Gasteiger partial charge in [-0.25, -0.2) is 4.98 Å². The Kier molecular flexibility index (Phi) is 4.45. The molecule has 9 heteroatoms. The Morgan fingerprint density at radius 2 is 2.13 bits per heavy atom. The van der Waals surface area contributed by atoms with E-state index in [0.717, 1.165) is 17.1 Å². The van der Waals surface area contributed by atoms with Gasteiger partial charge in [0.25, 0.3) is 0 Å². The van der Waals surface area contributed by atoms with Crippen LogP contribution in [0.5, 0.6) is 11.5 Å². The van der Waals surface area contributed by atoms with E-state index in [1.807, 2.05) is 6.07 Å². The minimum absolute atomic E-state index is 0.0477. The molecule has 30 heavy (non-hydrogen) atoms. The number of nitrogens with zero attached hydrogens (tertiary/aromatic N) is 5. The number of hydrogen-bond donors (Lipinski definition) is 2. The number of aromatic amines is 1. The third-order valence-electron chi connectivity index (χ3n) is 6.43. The van der Waals surface area contributed by atoms with E-state index in [-0.39, 0.29) is 5.54 Å². The first-order valence-electron chi connectivity index (χ1n) is 10.1. The van der Waals surface area contributed by atoms with E-state index in [0.29, 0.717) is 35.7 Å². The van der Waals surface area contributed by atoms with Gasteiger partial charge in [0.2, 0.25) is 5.95 Å². The molecule has 0 saturated heterocycles. The number of ether oxygens (including phenoxy) is 2. The standard InChI is InChI=1S/C21H25N7O2/c1-21(14-5-4-6-14)12-30-17-11-23-20(27-19(17)28(21)2)26-15-7-16(29-3)18(22-10-15)13-8-24-25-9-13/h7-11,14H,4-6,12H2,1-3H3,(H,24,25)(H,23,26,27). The molecule has 1 unspecified atom stereocenters. The maximum Gasteiger partial charge on any atom is 0.229 e. The quantitative estimate of drug-likeness (QED) is 0.664. The van der Waals surface area contributed by atoms with Gasteiger partial charge in [-0.05, 0) is 25.7 Å². The number of anilines is 3. The lowest BCUT2D eigenvalue weighted by atomic mass is 9.71. The zero-order valence-corrected chi connectivity index (χ0v) is 17.3. The normalized spacial score (nSPS) is 20.8. The fraction of sp³-hybridized carbons (Fsp3) is 0.429. The van der Waals surface area contributed by atoms with Crippen LogP contribution in [0.1, 0.15) is 26.2 Å². The van der Waals surface area contributed by atoms with Crippen molar-refractivity contribution in [3.63, 3.8) is 0 Å². The minimum Gasteiger partial charge on any atom is -0.494 e. The number of likely N-dealkylation sites (N-methyl/N-ethyl adjacent to an activating group) is 1. The molecule has 1 saturated carbocycles. The summed E-state index contributed by atoms with van der Waals surface area (Å²) in [6.07, 6.45) is 10.7. The minimum atomic E-state index is -0.0477. The third-order valence-corrected chi connectivity index (χ3v) is 6.43. The number of pyridine rings is 1. The molecule has 0 aromatic carbocycles. The van der Waals surface area contributed by atoms with E-state index in [2.05, 4.69) is 44.4 Å². The van der Waals surface area contributed by atoms with Crippen LogP contribution >= 0.6 is 0 Å². The number of methoxy groups -OCH3 is 1. The molecule has 0 radical (unpaired) electrons. The zero-order chi connectivity index (χ0) is 20.7. The monoisotopic (exact) mass is 407 g/mol. The summed E-state index contributed by atoms with van der Waals surface area (Å²) in [6, 6.07) is 1.87. The fourth-order valence-electron chi connectivity index (χ4n) is 4.14. The van der Waals surface area contributed by atoms with Gasteiger partial charge in [0.1, 0.15) is 18.1 Å². The zero-order valence-electron chi connectivity index (χ0n) is 17.3. The van der Waals surface area contributed by atoms with E-state index >= 15 is 0 Å². The van der Waals surface area contributed by atoms with Crippen molar-refractivity contribution in [1.82, 2.24) is 25.1 Å². The molecule has 1 fully saturated rings. The Bertz CT molecular complexity index is 1050. The molecule has 0 amide bonds. The van der Waals surface area contributed by atoms with E-state index in [1.54, 1.807) is 31.9 Å². The summed E-state index contributed by atoms with van der Waals surface area (Å²) in [4.78, 5) is 15.9. The fourth-order valence-corrected chi connectivity index (χ4v) is 4.14. The van der Waals surface area contributed by atoms with Crippen LogP contribution in [0, 0.1) is 5.92 Å². The number of nitrogens with one attached hydrogen (secondary N) is 2. The lowest BCUT2D eigenvalue weighted by Gasteiger charge is -2.51. The van der Waals surface area contributed by atoms with Crippen molar-refractivity contribution >= 4 is 17.5 Å². The molecule has 3 aromatic heterocycles. The highest BCUT2D eigenvalue weighted by atomic mass is 16.5. The van der Waals surface area contributed by atoms with Gasteiger partial charge in [0.05, 0.1) is 36.9 Å². The second-order valence-electron chi connectivity index (χ2n) is 8.10. The van der Waals surface area contributed by atoms with E-state index in [4.69, 9.17) is 14.5 Å². The molecule has 1 atom stereocenters. The van der Waals surface area contributed by atoms with Gasteiger partial charge in [0, 0.05) is 24.9 Å². The summed E-state index contributed by atoms with van der Waals surface area (Å²) in [5, 5.41) is 10.0. The Hall–Kier alpha value is -3.36. The van der Waals surface area contributed by atoms with E-state index in [9.17, 15) is 0 Å². The highest BCUT2D eigenvalue weighted by Gasteiger charge is 2.45. The predicted molar refractivity (Wildman–Crippen MR) is 113 cm³/mol. The van der Waals surface area contributed by atoms with Crippen LogP contribution in [0.3, 0.4) is 0 Å². The third kappa shape index (κ3) is 3.01. The van der Waals surface area contributed by atoms with Gasteiger partial charge in [-0.3, -0.25) is 10.1 Å². The summed E-state index contributed by atoms with van der Waals surface area (Å²) in [6.45, 7) is 2.92. The topological polar surface area (TPSA) is 101 Å². The average molecular weight is 407 g/mol. The van der Waals surface area contributed by atoms with Crippen molar-refractivity contribution in [2.45, 2.75) is 31.7 Å². The highest BCUT2D eigenvalue weighted by Crippen LogP contribution is 2.45. The molecular weight excluding hydrogens is 382 g/mol. The van der Waals surface area contributed by atoms with E-state index < -0.39 is 0 Å². The first-order chi connectivity index (χ1) is 14.6. The van der Waals surface area contributed by atoms with Crippen molar-refractivity contribution < 1.29 is 9.47 Å². The summed E-state index contributed by atoms with van der Waals surface area (Å²) >= 11 is 0. The van der Waals surface area contributed by atoms with Crippen molar-refractivity contribution in [2.75, 3.05) is 31.0 Å². The molecule has 2 aliphatic rings. The first kappa shape index (κ1) is 18.7. The van der Waals surface area contributed by atoms with Gasteiger partial charge >= 0.3 is 0 Å². The maximum atomic E-state index is 6.03. The smallest absolute Gasteiger partial charge is 0.229 e. The summed E-state index contributed by atoms with van der Waals surface area (Å²) < 4.78 is 11.5. The Morgan fingerprint density at radius 1 is 1.27 bits per heavy atom. The molecular formula is C21H25N7O2. The summed E-state index contributed by atoms with van der Waals surface area (Å²) in [5.41, 5.74) is 2.26. The molecule has 4 heterocycles. The summed E-state index contributed by atoms with van der Waals surface area (Å²) in [5.74, 6) is 3.28. The van der Waals surface area contributed by atoms with Crippen LogP contribution in [0.2, 0.25) is 0 Å². The lowest BCUT2D eigenvalue weighted by molar-refractivity contribution is 0.0990. The van der Waals surface area contributed by atoms with Crippen molar-refractivity contribution in [2.24, 2.45) is 5.92 Å². The molecule has 0 spiro atoms. The average Bonchev–Trinajstić information content (AvgIpc) is 3.24. The first-order valence-corrected chi connectivity index (χ1v) is 10.1.